The minimum absolute atomic E-state index is 0.0270. The van der Waals surface area contributed by atoms with Crippen molar-refractivity contribution in [2.24, 2.45) is 0 Å². The van der Waals surface area contributed by atoms with Crippen LogP contribution < -0.4 is 5.32 Å². The van der Waals surface area contributed by atoms with Gasteiger partial charge in [-0.1, -0.05) is 23.8 Å². The number of hydrogen-bond acceptors (Lipinski definition) is 3. The van der Waals surface area contributed by atoms with Gasteiger partial charge in [-0.15, -0.1) is 0 Å². The monoisotopic (exact) mass is 409 g/mol. The number of nitrogens with zero attached hydrogens (tertiary/aromatic N) is 2. The number of rotatable bonds is 4. The number of halogens is 1. The lowest BCUT2D eigenvalue weighted by molar-refractivity contribution is -0.129. The number of piperidine rings is 1. The van der Waals surface area contributed by atoms with Gasteiger partial charge < -0.3 is 10.2 Å². The van der Waals surface area contributed by atoms with Crippen molar-refractivity contribution in [3.63, 3.8) is 0 Å². The molecule has 2 aromatic carbocycles. The van der Waals surface area contributed by atoms with Crippen LogP contribution >= 0.6 is 0 Å². The molecule has 0 bridgehead atoms. The van der Waals surface area contributed by atoms with Gasteiger partial charge in [0, 0.05) is 51.8 Å². The summed E-state index contributed by atoms with van der Waals surface area (Å²) in [6, 6.07) is 11.1. The Morgan fingerprint density at radius 3 is 2.60 bits per heavy atom. The van der Waals surface area contributed by atoms with Gasteiger partial charge in [-0.2, -0.15) is 0 Å². The molecule has 1 unspecified atom stereocenters. The highest BCUT2D eigenvalue weighted by Crippen LogP contribution is 2.20. The molecule has 2 aliphatic rings. The lowest BCUT2D eigenvalue weighted by atomic mass is 10.0. The number of carbonyl (C=O) groups excluding carboxylic acids is 2. The second kappa shape index (κ2) is 8.96. The predicted molar refractivity (Wildman–Crippen MR) is 115 cm³/mol. The number of nitrogens with one attached hydrogen (secondary N) is 1. The summed E-state index contributed by atoms with van der Waals surface area (Å²) < 4.78 is 13.3. The quantitative estimate of drug-likeness (QED) is 0.789. The minimum Gasteiger partial charge on any atom is -0.348 e. The number of carbonyl (C=O) groups is 2. The molecule has 158 valence electrons. The van der Waals surface area contributed by atoms with E-state index in [1.54, 1.807) is 19.1 Å². The van der Waals surface area contributed by atoms with Crippen LogP contribution in [0.3, 0.4) is 0 Å². The molecule has 2 heterocycles. The lowest BCUT2D eigenvalue weighted by Crippen LogP contribution is -2.37. The second-order valence-electron chi connectivity index (χ2n) is 8.36. The molecular formula is C24H28FN3O2. The SMILES string of the molecule is CC(=O)N1CCC(=CC(=O)NC2CCN(Cc3ccc4cc(F)ccc4c3)C2)CC1. The fraction of sp³-hybridized carbons (Fsp3) is 0.417. The standard InChI is InChI=1S/C24H28FN3O2/c1-17(29)28-10-6-18(7-11-28)13-24(30)26-23-8-9-27(16-23)15-19-2-3-21-14-22(25)5-4-20(21)12-19/h2-5,12-14,23H,6-11,15-16H2,1H3,(H,26,30). The molecular weight excluding hydrogens is 381 g/mol. The van der Waals surface area contributed by atoms with E-state index in [1.165, 1.54) is 11.6 Å². The van der Waals surface area contributed by atoms with Crippen LogP contribution in [0.5, 0.6) is 0 Å². The normalized spacial score (nSPS) is 19.9. The summed E-state index contributed by atoms with van der Waals surface area (Å²) in [5.74, 6) is -0.142. The fourth-order valence-electron chi connectivity index (χ4n) is 4.40. The molecule has 2 saturated heterocycles. The van der Waals surface area contributed by atoms with Crippen molar-refractivity contribution >= 4 is 22.6 Å². The Morgan fingerprint density at radius 1 is 1.10 bits per heavy atom. The Kier molecular flexibility index (Phi) is 6.13. The third-order valence-electron chi connectivity index (χ3n) is 6.08. The Balaban J connectivity index is 1.27. The van der Waals surface area contributed by atoms with Gasteiger partial charge in [0.05, 0.1) is 0 Å². The number of fused-ring (bicyclic) bond motifs is 1. The maximum absolute atomic E-state index is 13.3. The van der Waals surface area contributed by atoms with E-state index in [0.717, 1.165) is 55.2 Å². The molecule has 2 fully saturated rings. The first kappa shape index (κ1) is 20.5. The van der Waals surface area contributed by atoms with Gasteiger partial charge in [-0.05, 0) is 53.8 Å². The first-order valence-electron chi connectivity index (χ1n) is 10.6. The van der Waals surface area contributed by atoms with Crippen LogP contribution in [0, 0.1) is 5.82 Å². The molecule has 1 N–H and O–H groups in total. The van der Waals surface area contributed by atoms with Crippen LogP contribution in [0.4, 0.5) is 4.39 Å². The molecule has 4 rings (SSSR count). The van der Waals surface area contributed by atoms with Crippen LogP contribution in [0.2, 0.25) is 0 Å². The first-order valence-corrected chi connectivity index (χ1v) is 10.6. The van der Waals surface area contributed by atoms with Gasteiger partial charge in [-0.3, -0.25) is 14.5 Å². The number of benzene rings is 2. The summed E-state index contributed by atoms with van der Waals surface area (Å²) in [7, 11) is 0. The van der Waals surface area contributed by atoms with Crippen LogP contribution in [0.1, 0.15) is 31.7 Å². The molecule has 0 saturated carbocycles. The van der Waals surface area contributed by atoms with Gasteiger partial charge in [0.2, 0.25) is 11.8 Å². The number of hydrogen-bond donors (Lipinski definition) is 1. The van der Waals surface area contributed by atoms with Crippen molar-refractivity contribution in [1.82, 2.24) is 15.1 Å². The van der Waals surface area contributed by atoms with Crippen molar-refractivity contribution in [1.29, 1.82) is 0 Å². The van der Waals surface area contributed by atoms with E-state index >= 15 is 0 Å². The maximum Gasteiger partial charge on any atom is 0.244 e. The largest absolute Gasteiger partial charge is 0.348 e. The highest BCUT2D eigenvalue weighted by molar-refractivity contribution is 5.88. The molecule has 5 nitrogen and oxygen atoms in total. The van der Waals surface area contributed by atoms with Crippen LogP contribution in [0.15, 0.2) is 48.0 Å². The Hall–Kier alpha value is -2.73. The van der Waals surface area contributed by atoms with Crippen molar-refractivity contribution in [2.75, 3.05) is 26.2 Å². The van der Waals surface area contributed by atoms with E-state index in [4.69, 9.17) is 0 Å². The Labute approximate surface area is 176 Å². The second-order valence-corrected chi connectivity index (χ2v) is 8.36. The summed E-state index contributed by atoms with van der Waals surface area (Å²) in [6.07, 6.45) is 4.21. The topological polar surface area (TPSA) is 52.7 Å². The van der Waals surface area contributed by atoms with E-state index in [-0.39, 0.29) is 23.7 Å². The molecule has 0 aliphatic carbocycles. The molecule has 0 spiro atoms. The summed E-state index contributed by atoms with van der Waals surface area (Å²) in [4.78, 5) is 28.0. The number of amides is 2. The van der Waals surface area contributed by atoms with Crippen molar-refractivity contribution in [3.8, 4) is 0 Å². The van der Waals surface area contributed by atoms with Gasteiger partial charge >= 0.3 is 0 Å². The van der Waals surface area contributed by atoms with Gasteiger partial charge in [0.15, 0.2) is 0 Å². The zero-order valence-corrected chi connectivity index (χ0v) is 17.4. The van der Waals surface area contributed by atoms with Gasteiger partial charge in [0.25, 0.3) is 0 Å². The van der Waals surface area contributed by atoms with Gasteiger partial charge in [-0.25, -0.2) is 4.39 Å². The highest BCUT2D eigenvalue weighted by Gasteiger charge is 2.24. The van der Waals surface area contributed by atoms with Crippen LogP contribution in [0.25, 0.3) is 10.8 Å². The fourth-order valence-corrected chi connectivity index (χ4v) is 4.40. The molecule has 30 heavy (non-hydrogen) atoms. The maximum atomic E-state index is 13.3. The third kappa shape index (κ3) is 5.05. The summed E-state index contributed by atoms with van der Waals surface area (Å²) in [5, 5.41) is 5.08. The lowest BCUT2D eigenvalue weighted by Gasteiger charge is -2.27. The molecule has 0 aromatic heterocycles. The smallest absolute Gasteiger partial charge is 0.244 e. The van der Waals surface area contributed by atoms with E-state index in [9.17, 15) is 14.0 Å². The average molecular weight is 410 g/mol. The minimum atomic E-state index is -0.215. The summed E-state index contributed by atoms with van der Waals surface area (Å²) >= 11 is 0. The van der Waals surface area contributed by atoms with Crippen LogP contribution in [-0.4, -0.2) is 53.8 Å². The number of likely N-dealkylation sites (tertiary alicyclic amines) is 2. The third-order valence-corrected chi connectivity index (χ3v) is 6.08. The Bertz CT molecular complexity index is 978. The van der Waals surface area contributed by atoms with Gasteiger partial charge in [0.1, 0.15) is 5.82 Å². The summed E-state index contributed by atoms with van der Waals surface area (Å²) in [5.41, 5.74) is 2.31. The zero-order valence-electron chi connectivity index (χ0n) is 17.4. The van der Waals surface area contributed by atoms with Crippen molar-refractivity contribution in [2.45, 2.75) is 38.8 Å². The molecule has 0 radical (unpaired) electrons. The highest BCUT2D eigenvalue weighted by atomic mass is 19.1. The first-order chi connectivity index (χ1) is 14.5. The summed E-state index contributed by atoms with van der Waals surface area (Å²) in [6.45, 7) is 5.58. The molecule has 2 aliphatic heterocycles. The molecule has 1 atom stereocenters. The predicted octanol–water partition coefficient (Wildman–Crippen LogP) is 3.24. The van der Waals surface area contributed by atoms with E-state index < -0.39 is 0 Å². The zero-order chi connectivity index (χ0) is 21.1. The van der Waals surface area contributed by atoms with Crippen LogP contribution in [-0.2, 0) is 16.1 Å². The van der Waals surface area contributed by atoms with Crippen molar-refractivity contribution < 1.29 is 14.0 Å². The molecule has 6 heteroatoms. The van der Waals surface area contributed by atoms with E-state index in [1.807, 2.05) is 23.1 Å². The Morgan fingerprint density at radius 2 is 1.83 bits per heavy atom. The molecule has 2 amide bonds. The average Bonchev–Trinajstić information content (AvgIpc) is 3.15. The van der Waals surface area contributed by atoms with E-state index in [0.29, 0.717) is 13.1 Å². The van der Waals surface area contributed by atoms with Crippen molar-refractivity contribution in [3.05, 3.63) is 59.4 Å². The van der Waals surface area contributed by atoms with E-state index in [2.05, 4.69) is 16.3 Å². The molecule has 2 aromatic rings.